The van der Waals surface area contributed by atoms with E-state index < -0.39 is 16.6 Å². The summed E-state index contributed by atoms with van der Waals surface area (Å²) in [6, 6.07) is 10.9. The van der Waals surface area contributed by atoms with Crippen LogP contribution in [0.25, 0.3) is 11.3 Å². The van der Waals surface area contributed by atoms with Gasteiger partial charge in [0.2, 0.25) is 5.91 Å². The minimum atomic E-state index is -1.01. The van der Waals surface area contributed by atoms with E-state index in [1.54, 1.807) is 23.1 Å². The zero-order valence-corrected chi connectivity index (χ0v) is 20.1. The van der Waals surface area contributed by atoms with Crippen LogP contribution < -0.4 is 10.6 Å². The number of thioether (sulfide) groups is 1. The molecule has 33 heavy (non-hydrogen) atoms. The van der Waals surface area contributed by atoms with Crippen molar-refractivity contribution in [3.63, 3.8) is 0 Å². The zero-order valence-electron chi connectivity index (χ0n) is 18.5. The first-order valence-corrected chi connectivity index (χ1v) is 12.3. The number of thiazole rings is 1. The van der Waals surface area contributed by atoms with Crippen LogP contribution in [0.3, 0.4) is 0 Å². The number of hydrogen-bond donors (Lipinski definition) is 3. The maximum atomic E-state index is 13.2. The van der Waals surface area contributed by atoms with E-state index in [1.807, 2.05) is 44.4 Å². The van der Waals surface area contributed by atoms with Crippen molar-refractivity contribution in [2.24, 2.45) is 0 Å². The molecule has 2 unspecified atom stereocenters. The zero-order chi connectivity index (χ0) is 23.9. The summed E-state index contributed by atoms with van der Waals surface area (Å²) in [5.41, 5.74) is 10.6. The van der Waals surface area contributed by atoms with Crippen LogP contribution in [0.15, 0.2) is 41.8 Å². The standard InChI is InChI=1S/C24H25N3O4S2/c1-12(2)16-9-17(13(3)8-19(16)28)18-11-32-24(26-18)27-22(31)20(10-21(29)30)33-23(27)14-4-6-15(25)7-5-14/h4-9,11-12,20,23,28H,10,25H2,1-3H3,(H,29,30). The van der Waals surface area contributed by atoms with Gasteiger partial charge in [-0.05, 0) is 53.8 Å². The summed E-state index contributed by atoms with van der Waals surface area (Å²) < 4.78 is 0. The van der Waals surface area contributed by atoms with Gasteiger partial charge < -0.3 is 15.9 Å². The van der Waals surface area contributed by atoms with Crippen molar-refractivity contribution in [1.29, 1.82) is 0 Å². The molecule has 4 rings (SSSR count). The van der Waals surface area contributed by atoms with Crippen LogP contribution >= 0.6 is 23.1 Å². The van der Waals surface area contributed by atoms with Crippen LogP contribution in [0, 0.1) is 6.92 Å². The van der Waals surface area contributed by atoms with Crippen molar-refractivity contribution in [3.8, 4) is 17.0 Å². The van der Waals surface area contributed by atoms with Gasteiger partial charge in [0, 0.05) is 16.6 Å². The maximum absolute atomic E-state index is 13.2. The predicted molar refractivity (Wildman–Crippen MR) is 133 cm³/mol. The molecule has 0 radical (unpaired) electrons. The molecule has 4 N–H and O–H groups in total. The van der Waals surface area contributed by atoms with E-state index in [4.69, 9.17) is 10.7 Å². The van der Waals surface area contributed by atoms with Gasteiger partial charge in [-0.2, -0.15) is 0 Å². The maximum Gasteiger partial charge on any atom is 0.305 e. The molecule has 172 valence electrons. The predicted octanol–water partition coefficient (Wildman–Crippen LogP) is 5.15. The molecule has 2 heterocycles. The highest BCUT2D eigenvalue weighted by atomic mass is 32.2. The highest BCUT2D eigenvalue weighted by molar-refractivity contribution is 8.01. The highest BCUT2D eigenvalue weighted by Crippen LogP contribution is 2.48. The van der Waals surface area contributed by atoms with Crippen molar-refractivity contribution in [2.45, 2.75) is 43.7 Å². The molecule has 1 aliphatic heterocycles. The minimum Gasteiger partial charge on any atom is -0.508 e. The normalized spacial score (nSPS) is 18.3. The topological polar surface area (TPSA) is 117 Å². The third kappa shape index (κ3) is 4.56. The number of nitrogens with zero attached hydrogens (tertiary/aromatic N) is 2. The summed E-state index contributed by atoms with van der Waals surface area (Å²) >= 11 is 2.65. The molecule has 0 saturated carbocycles. The van der Waals surface area contributed by atoms with Gasteiger partial charge in [0.05, 0.1) is 17.4 Å². The number of benzene rings is 2. The lowest BCUT2D eigenvalue weighted by Crippen LogP contribution is -2.31. The second-order valence-electron chi connectivity index (χ2n) is 8.35. The number of rotatable bonds is 6. The highest BCUT2D eigenvalue weighted by Gasteiger charge is 2.44. The van der Waals surface area contributed by atoms with Gasteiger partial charge in [-0.15, -0.1) is 23.1 Å². The number of carbonyl (C=O) groups is 2. The molecule has 0 spiro atoms. The molecule has 1 amide bonds. The number of phenolic OH excluding ortho intramolecular Hbond substituents is 1. The van der Waals surface area contributed by atoms with Gasteiger partial charge >= 0.3 is 5.97 Å². The monoisotopic (exact) mass is 483 g/mol. The Hall–Kier alpha value is -3.04. The average molecular weight is 484 g/mol. The fourth-order valence-corrected chi connectivity index (χ4v) is 6.21. The van der Waals surface area contributed by atoms with E-state index in [2.05, 4.69) is 0 Å². The van der Waals surface area contributed by atoms with Crippen LogP contribution in [0.5, 0.6) is 5.75 Å². The van der Waals surface area contributed by atoms with Gasteiger partial charge in [0.25, 0.3) is 0 Å². The van der Waals surface area contributed by atoms with Gasteiger partial charge in [-0.1, -0.05) is 26.0 Å². The molecule has 9 heteroatoms. The minimum absolute atomic E-state index is 0.144. The van der Waals surface area contributed by atoms with Crippen molar-refractivity contribution >= 4 is 45.8 Å². The number of nitrogens with two attached hydrogens (primary N) is 1. The Morgan fingerprint density at radius 1 is 1.24 bits per heavy atom. The smallest absolute Gasteiger partial charge is 0.305 e. The summed E-state index contributed by atoms with van der Waals surface area (Å²) in [6.45, 7) is 5.94. The van der Waals surface area contributed by atoms with Crippen LogP contribution in [0.4, 0.5) is 10.8 Å². The van der Waals surface area contributed by atoms with E-state index in [1.165, 1.54) is 23.1 Å². The van der Waals surface area contributed by atoms with Crippen molar-refractivity contribution in [3.05, 3.63) is 58.5 Å². The molecule has 3 aromatic rings. The average Bonchev–Trinajstić information content (AvgIpc) is 3.33. The van der Waals surface area contributed by atoms with Crippen LogP contribution in [0.2, 0.25) is 0 Å². The number of carboxylic acid groups (broad SMARTS) is 1. The Morgan fingerprint density at radius 2 is 1.94 bits per heavy atom. The Kier molecular flexibility index (Phi) is 6.36. The van der Waals surface area contributed by atoms with Crippen molar-refractivity contribution in [1.82, 2.24) is 4.98 Å². The first-order valence-electron chi connectivity index (χ1n) is 10.5. The number of phenols is 1. The number of amides is 1. The lowest BCUT2D eigenvalue weighted by atomic mass is 9.95. The summed E-state index contributed by atoms with van der Waals surface area (Å²) in [7, 11) is 0. The third-order valence-corrected chi connectivity index (χ3v) is 7.87. The van der Waals surface area contributed by atoms with E-state index in [9.17, 15) is 19.8 Å². The molecule has 0 aliphatic carbocycles. The van der Waals surface area contributed by atoms with Crippen molar-refractivity contribution in [2.75, 3.05) is 10.6 Å². The molecule has 1 aromatic heterocycles. The Labute approximate surface area is 200 Å². The SMILES string of the molecule is Cc1cc(O)c(C(C)C)cc1-c1csc(N2C(=O)C(CC(=O)O)SC2c2ccc(N)cc2)n1. The van der Waals surface area contributed by atoms with Gasteiger partial charge in [0.1, 0.15) is 11.1 Å². The first kappa shape index (κ1) is 23.1. The molecular weight excluding hydrogens is 458 g/mol. The number of aryl methyl sites for hydroxylation is 1. The second kappa shape index (κ2) is 9.07. The van der Waals surface area contributed by atoms with E-state index in [0.29, 0.717) is 16.5 Å². The number of aliphatic carboxylic acids is 1. The Bertz CT molecular complexity index is 1210. The number of aromatic nitrogens is 1. The molecule has 1 aliphatic rings. The molecular formula is C24H25N3O4S2. The largest absolute Gasteiger partial charge is 0.508 e. The number of carbonyl (C=O) groups excluding carboxylic acids is 1. The lowest BCUT2D eigenvalue weighted by Gasteiger charge is -2.21. The fraction of sp³-hybridized carbons (Fsp3) is 0.292. The Morgan fingerprint density at radius 3 is 2.58 bits per heavy atom. The molecule has 2 atom stereocenters. The van der Waals surface area contributed by atoms with E-state index in [0.717, 1.165) is 22.3 Å². The number of anilines is 2. The Balaban J connectivity index is 1.74. The fourth-order valence-electron chi connectivity index (χ4n) is 3.87. The van der Waals surface area contributed by atoms with E-state index in [-0.39, 0.29) is 24.0 Å². The van der Waals surface area contributed by atoms with Crippen LogP contribution in [-0.4, -0.2) is 32.3 Å². The van der Waals surface area contributed by atoms with Crippen molar-refractivity contribution < 1.29 is 19.8 Å². The summed E-state index contributed by atoms with van der Waals surface area (Å²) in [4.78, 5) is 30.9. The summed E-state index contributed by atoms with van der Waals surface area (Å²) in [5, 5.41) is 20.9. The van der Waals surface area contributed by atoms with Gasteiger partial charge in [0.15, 0.2) is 5.13 Å². The third-order valence-electron chi connectivity index (χ3n) is 5.59. The molecule has 2 aromatic carbocycles. The number of carboxylic acids is 1. The molecule has 7 nitrogen and oxygen atoms in total. The van der Waals surface area contributed by atoms with Gasteiger partial charge in [-0.25, -0.2) is 4.98 Å². The van der Waals surface area contributed by atoms with Crippen LogP contribution in [-0.2, 0) is 9.59 Å². The summed E-state index contributed by atoms with van der Waals surface area (Å²) in [5.74, 6) is -0.881. The van der Waals surface area contributed by atoms with Gasteiger partial charge in [-0.3, -0.25) is 14.5 Å². The second-order valence-corrected chi connectivity index (χ2v) is 10.5. The number of nitrogen functional groups attached to an aromatic ring is 1. The molecule has 0 bridgehead atoms. The van der Waals surface area contributed by atoms with E-state index >= 15 is 0 Å². The molecule has 1 saturated heterocycles. The quantitative estimate of drug-likeness (QED) is 0.415. The lowest BCUT2D eigenvalue weighted by molar-refractivity contribution is -0.138. The molecule has 1 fully saturated rings. The van der Waals surface area contributed by atoms with Crippen LogP contribution in [0.1, 0.15) is 48.3 Å². The number of aromatic hydroxyl groups is 1. The summed E-state index contributed by atoms with van der Waals surface area (Å²) in [6.07, 6.45) is -0.251. The first-order chi connectivity index (χ1) is 15.7. The number of hydrogen-bond acceptors (Lipinski definition) is 7.